The van der Waals surface area contributed by atoms with Gasteiger partial charge in [-0.05, 0) is 62.2 Å². The summed E-state index contributed by atoms with van der Waals surface area (Å²) in [6.07, 6.45) is 0.846. The van der Waals surface area contributed by atoms with Crippen molar-refractivity contribution in [2.45, 2.75) is 32.4 Å². The highest BCUT2D eigenvalue weighted by molar-refractivity contribution is 6.07. The molecule has 2 atom stereocenters. The molecule has 3 aromatic carbocycles. The zero-order valence-electron chi connectivity index (χ0n) is 19.5. The molecule has 174 valence electrons. The zero-order chi connectivity index (χ0) is 22.7. The summed E-state index contributed by atoms with van der Waals surface area (Å²) in [6.45, 7) is 5.20. The highest BCUT2D eigenvalue weighted by Gasteiger charge is 2.36. The van der Waals surface area contributed by atoms with Crippen molar-refractivity contribution in [3.8, 4) is 11.5 Å². The van der Waals surface area contributed by atoms with Gasteiger partial charge in [-0.3, -0.25) is 4.79 Å². The predicted octanol–water partition coefficient (Wildman–Crippen LogP) is 6.13. The van der Waals surface area contributed by atoms with E-state index >= 15 is 0 Å². The molecule has 0 bridgehead atoms. The SMILES string of the molecule is CCN(c1ccccc1)C1CC(C)N(C(=O)c2ccc(OC)c(OC)c2)c2ccccc21.Cl. The van der Waals surface area contributed by atoms with Crippen LogP contribution in [0.3, 0.4) is 0 Å². The number of amides is 1. The van der Waals surface area contributed by atoms with E-state index in [2.05, 4.69) is 61.2 Å². The molecule has 0 aliphatic carbocycles. The van der Waals surface area contributed by atoms with Crippen molar-refractivity contribution >= 4 is 29.7 Å². The number of halogens is 1. The molecule has 4 rings (SSSR count). The van der Waals surface area contributed by atoms with Crippen LogP contribution < -0.4 is 19.3 Å². The number of anilines is 2. The first-order valence-electron chi connectivity index (χ1n) is 11.0. The molecule has 1 amide bonds. The third kappa shape index (κ3) is 4.64. The molecule has 3 aromatic rings. The number of ether oxygens (including phenoxy) is 2. The van der Waals surface area contributed by atoms with Crippen molar-refractivity contribution in [1.29, 1.82) is 0 Å². The summed E-state index contributed by atoms with van der Waals surface area (Å²) in [5, 5.41) is 0. The van der Waals surface area contributed by atoms with Gasteiger partial charge < -0.3 is 19.3 Å². The normalized spacial score (nSPS) is 16.9. The van der Waals surface area contributed by atoms with E-state index in [9.17, 15) is 4.79 Å². The third-order valence-electron chi connectivity index (χ3n) is 6.21. The lowest BCUT2D eigenvalue weighted by atomic mass is 9.89. The highest BCUT2D eigenvalue weighted by Crippen LogP contribution is 2.42. The van der Waals surface area contributed by atoms with E-state index in [1.54, 1.807) is 32.4 Å². The highest BCUT2D eigenvalue weighted by atomic mass is 35.5. The molecule has 0 fully saturated rings. The number of benzene rings is 3. The Kier molecular flexibility index (Phi) is 7.88. The van der Waals surface area contributed by atoms with Crippen LogP contribution in [0.4, 0.5) is 11.4 Å². The second kappa shape index (κ2) is 10.6. The Morgan fingerprint density at radius 1 is 0.970 bits per heavy atom. The van der Waals surface area contributed by atoms with E-state index in [0.29, 0.717) is 17.1 Å². The van der Waals surface area contributed by atoms with E-state index in [4.69, 9.17) is 9.47 Å². The Morgan fingerprint density at radius 3 is 2.30 bits per heavy atom. The number of para-hydroxylation sites is 2. The summed E-state index contributed by atoms with van der Waals surface area (Å²) in [7, 11) is 3.17. The quantitative estimate of drug-likeness (QED) is 0.438. The largest absolute Gasteiger partial charge is 0.493 e. The lowest BCUT2D eigenvalue weighted by Crippen LogP contribution is -2.46. The minimum absolute atomic E-state index is 0. The topological polar surface area (TPSA) is 42.0 Å². The summed E-state index contributed by atoms with van der Waals surface area (Å²) in [4.78, 5) is 18.0. The molecule has 0 radical (unpaired) electrons. The average molecular weight is 467 g/mol. The number of nitrogens with zero attached hydrogens (tertiary/aromatic N) is 2. The summed E-state index contributed by atoms with van der Waals surface area (Å²) < 4.78 is 10.8. The van der Waals surface area contributed by atoms with Crippen LogP contribution in [0.5, 0.6) is 11.5 Å². The molecule has 0 N–H and O–H groups in total. The van der Waals surface area contributed by atoms with Crippen LogP contribution in [0.1, 0.15) is 42.2 Å². The van der Waals surface area contributed by atoms with Gasteiger partial charge in [0.15, 0.2) is 11.5 Å². The van der Waals surface area contributed by atoms with Crippen molar-refractivity contribution in [2.75, 3.05) is 30.6 Å². The molecule has 0 saturated carbocycles. The molecule has 0 saturated heterocycles. The lowest BCUT2D eigenvalue weighted by molar-refractivity contribution is 0.0973. The molecular formula is C27H31ClN2O3. The standard InChI is InChI=1S/C27H30N2O3.ClH/c1-5-28(21-11-7-6-8-12-21)24-17-19(2)29(23-14-10-9-13-22(23)24)27(30)20-15-16-25(31-3)26(18-20)32-4;/h6-16,18-19,24H,5,17H2,1-4H3;1H. The first-order valence-corrected chi connectivity index (χ1v) is 11.0. The fraction of sp³-hybridized carbons (Fsp3) is 0.296. The van der Waals surface area contributed by atoms with Crippen molar-refractivity contribution in [2.24, 2.45) is 0 Å². The number of methoxy groups -OCH3 is 2. The number of rotatable bonds is 6. The number of hydrogen-bond acceptors (Lipinski definition) is 4. The maximum absolute atomic E-state index is 13.7. The average Bonchev–Trinajstić information content (AvgIpc) is 2.84. The molecule has 2 unspecified atom stereocenters. The number of carbonyl (C=O) groups excluding carboxylic acids is 1. The molecule has 6 heteroatoms. The summed E-state index contributed by atoms with van der Waals surface area (Å²) in [5.41, 5.74) is 3.91. The first-order chi connectivity index (χ1) is 15.6. The van der Waals surface area contributed by atoms with E-state index in [-0.39, 0.29) is 30.4 Å². The van der Waals surface area contributed by atoms with E-state index in [1.165, 1.54) is 11.3 Å². The molecule has 0 aromatic heterocycles. The molecule has 1 heterocycles. The summed E-state index contributed by atoms with van der Waals surface area (Å²) in [5.74, 6) is 1.13. The van der Waals surface area contributed by atoms with Crippen LogP contribution in [-0.4, -0.2) is 32.7 Å². The van der Waals surface area contributed by atoms with Crippen LogP contribution in [-0.2, 0) is 0 Å². The van der Waals surface area contributed by atoms with Crippen molar-refractivity contribution in [1.82, 2.24) is 0 Å². The van der Waals surface area contributed by atoms with Crippen LogP contribution in [0.2, 0.25) is 0 Å². The van der Waals surface area contributed by atoms with Gasteiger partial charge in [-0.15, -0.1) is 12.4 Å². The predicted molar refractivity (Wildman–Crippen MR) is 136 cm³/mol. The summed E-state index contributed by atoms with van der Waals surface area (Å²) in [6, 6.07) is 24.3. The van der Waals surface area contributed by atoms with Gasteiger partial charge in [0, 0.05) is 29.5 Å². The van der Waals surface area contributed by atoms with Crippen molar-refractivity contribution < 1.29 is 14.3 Å². The summed E-state index contributed by atoms with van der Waals surface area (Å²) >= 11 is 0. The van der Waals surface area contributed by atoms with Crippen LogP contribution in [0.15, 0.2) is 72.8 Å². The fourth-order valence-electron chi connectivity index (χ4n) is 4.70. The minimum Gasteiger partial charge on any atom is -0.493 e. The molecule has 33 heavy (non-hydrogen) atoms. The van der Waals surface area contributed by atoms with Crippen LogP contribution >= 0.6 is 12.4 Å². The molecule has 1 aliphatic rings. The molecular weight excluding hydrogens is 436 g/mol. The molecule has 5 nitrogen and oxygen atoms in total. The Hall–Kier alpha value is -3.18. The van der Waals surface area contributed by atoms with Gasteiger partial charge in [-0.25, -0.2) is 0 Å². The molecule has 1 aliphatic heterocycles. The number of carbonyl (C=O) groups is 1. The Labute approximate surface area is 202 Å². The van der Waals surface area contributed by atoms with Gasteiger partial charge >= 0.3 is 0 Å². The van der Waals surface area contributed by atoms with E-state index in [1.807, 2.05) is 17.0 Å². The smallest absolute Gasteiger partial charge is 0.258 e. The monoisotopic (exact) mass is 466 g/mol. The number of fused-ring (bicyclic) bond motifs is 1. The molecule has 0 spiro atoms. The van der Waals surface area contributed by atoms with Gasteiger partial charge in [0.05, 0.1) is 20.3 Å². The zero-order valence-corrected chi connectivity index (χ0v) is 20.3. The van der Waals surface area contributed by atoms with Crippen molar-refractivity contribution in [3.63, 3.8) is 0 Å². The van der Waals surface area contributed by atoms with Crippen molar-refractivity contribution in [3.05, 3.63) is 83.9 Å². The minimum atomic E-state index is -0.0351. The third-order valence-corrected chi connectivity index (χ3v) is 6.21. The maximum Gasteiger partial charge on any atom is 0.258 e. The van der Waals surface area contributed by atoms with Gasteiger partial charge in [0.2, 0.25) is 0 Å². The van der Waals surface area contributed by atoms with E-state index in [0.717, 1.165) is 18.7 Å². The van der Waals surface area contributed by atoms with E-state index < -0.39 is 0 Å². The fourth-order valence-corrected chi connectivity index (χ4v) is 4.70. The lowest BCUT2D eigenvalue weighted by Gasteiger charge is -2.44. The van der Waals surface area contributed by atoms with Crippen LogP contribution in [0.25, 0.3) is 0 Å². The van der Waals surface area contributed by atoms with Gasteiger partial charge in [-0.2, -0.15) is 0 Å². The first kappa shape index (κ1) is 24.5. The maximum atomic E-state index is 13.7. The van der Waals surface area contributed by atoms with Crippen LogP contribution in [0, 0.1) is 0 Å². The Balaban J connectivity index is 0.00000306. The van der Waals surface area contributed by atoms with Gasteiger partial charge in [0.1, 0.15) is 0 Å². The Morgan fingerprint density at radius 2 is 1.64 bits per heavy atom. The van der Waals surface area contributed by atoms with Gasteiger partial charge in [-0.1, -0.05) is 36.4 Å². The second-order valence-electron chi connectivity index (χ2n) is 8.03. The Bertz CT molecular complexity index is 1090. The number of hydrogen-bond donors (Lipinski definition) is 0. The van der Waals surface area contributed by atoms with Gasteiger partial charge in [0.25, 0.3) is 5.91 Å². The second-order valence-corrected chi connectivity index (χ2v) is 8.03.